The van der Waals surface area contributed by atoms with Gasteiger partial charge < -0.3 is 14.2 Å². The molecule has 0 saturated heterocycles. The van der Waals surface area contributed by atoms with E-state index in [1.54, 1.807) is 27.0 Å². The zero-order valence-corrected chi connectivity index (χ0v) is 19.2. The van der Waals surface area contributed by atoms with Crippen LogP contribution in [-0.4, -0.2) is 37.2 Å². The van der Waals surface area contributed by atoms with Crippen LogP contribution in [0.1, 0.15) is 46.6 Å². The largest absolute Gasteiger partial charge is 0.496 e. The smallest absolute Gasteiger partial charge is 0.307 e. The van der Waals surface area contributed by atoms with Gasteiger partial charge >= 0.3 is 5.97 Å². The second kappa shape index (κ2) is 10.9. The molecule has 168 valence electrons. The first-order valence-corrected chi connectivity index (χ1v) is 10.4. The summed E-state index contributed by atoms with van der Waals surface area (Å²) in [5.74, 6) is 0.524. The Balaban J connectivity index is 2.23. The van der Waals surface area contributed by atoms with Gasteiger partial charge in [-0.05, 0) is 63.4 Å². The average Bonchev–Trinajstić information content (AvgIpc) is 2.67. The second-order valence-corrected chi connectivity index (χ2v) is 8.27. The molecular formula is C25H32FNO4. The maximum Gasteiger partial charge on any atom is 0.307 e. The van der Waals surface area contributed by atoms with Crippen LogP contribution in [0, 0.1) is 5.82 Å². The Morgan fingerprint density at radius 2 is 1.81 bits per heavy atom. The minimum Gasteiger partial charge on any atom is -0.496 e. The number of methoxy groups -OCH3 is 1. The molecule has 0 fully saturated rings. The lowest BCUT2D eigenvalue weighted by atomic mass is 9.99. The Morgan fingerprint density at radius 3 is 2.39 bits per heavy atom. The molecule has 0 bridgehead atoms. The van der Waals surface area contributed by atoms with Gasteiger partial charge in [0.1, 0.15) is 17.2 Å². The molecule has 0 saturated carbocycles. The molecule has 0 N–H and O–H groups in total. The predicted molar refractivity (Wildman–Crippen MR) is 121 cm³/mol. The summed E-state index contributed by atoms with van der Waals surface area (Å²) < 4.78 is 30.0. The molecule has 0 heterocycles. The molecule has 2 aromatic rings. The third kappa shape index (κ3) is 8.04. The number of carbonyl (C=O) groups is 1. The van der Waals surface area contributed by atoms with Crippen molar-refractivity contribution in [2.24, 2.45) is 4.99 Å². The van der Waals surface area contributed by atoms with E-state index in [1.165, 1.54) is 12.1 Å². The van der Waals surface area contributed by atoms with Gasteiger partial charge in [0.05, 0.1) is 26.2 Å². The van der Waals surface area contributed by atoms with Gasteiger partial charge in [-0.2, -0.15) is 0 Å². The number of aliphatic imine (C=N–C) groups is 1. The monoisotopic (exact) mass is 429 g/mol. The molecule has 31 heavy (non-hydrogen) atoms. The number of nitrogens with zero attached hydrogens (tertiary/aromatic N) is 1. The fourth-order valence-corrected chi connectivity index (χ4v) is 3.30. The highest BCUT2D eigenvalue weighted by Gasteiger charge is 2.18. The van der Waals surface area contributed by atoms with Gasteiger partial charge in [0, 0.05) is 12.5 Å². The van der Waals surface area contributed by atoms with Crippen molar-refractivity contribution < 1.29 is 23.4 Å². The van der Waals surface area contributed by atoms with Crippen LogP contribution in [0.3, 0.4) is 0 Å². The summed E-state index contributed by atoms with van der Waals surface area (Å²) >= 11 is 0. The third-order valence-corrected chi connectivity index (χ3v) is 4.42. The third-order valence-electron chi connectivity index (χ3n) is 4.42. The molecular weight excluding hydrogens is 397 g/mol. The molecule has 0 aliphatic rings. The number of hydrogen-bond acceptors (Lipinski definition) is 5. The Labute approximate surface area is 184 Å². The first-order chi connectivity index (χ1) is 14.6. The standard InChI is InChI=1S/C25H32FNO4/c1-7-30-24(28)16-21(27-17(2)31-25(3,4)5)14-18-8-10-19(11-9-18)22-15-20(26)12-13-23(22)29-6/h8-13,15,21H,7,14,16H2,1-6H3. The molecule has 2 rings (SSSR count). The molecule has 0 amide bonds. The van der Waals surface area contributed by atoms with Gasteiger partial charge in [-0.15, -0.1) is 0 Å². The van der Waals surface area contributed by atoms with Gasteiger partial charge in [0.15, 0.2) is 5.90 Å². The van der Waals surface area contributed by atoms with Crippen LogP contribution >= 0.6 is 0 Å². The maximum absolute atomic E-state index is 13.7. The van der Waals surface area contributed by atoms with Gasteiger partial charge in [0.2, 0.25) is 0 Å². The van der Waals surface area contributed by atoms with Gasteiger partial charge in [-0.3, -0.25) is 9.79 Å². The van der Waals surface area contributed by atoms with E-state index in [-0.39, 0.29) is 29.9 Å². The molecule has 6 heteroatoms. The number of hydrogen-bond donors (Lipinski definition) is 0. The summed E-state index contributed by atoms with van der Waals surface area (Å²) in [6.07, 6.45) is 0.711. The highest BCUT2D eigenvalue weighted by molar-refractivity contribution is 5.75. The van der Waals surface area contributed by atoms with Gasteiger partial charge in [-0.25, -0.2) is 4.39 Å². The average molecular weight is 430 g/mol. The highest BCUT2D eigenvalue weighted by Crippen LogP contribution is 2.31. The van der Waals surface area contributed by atoms with Crippen molar-refractivity contribution in [3.05, 3.63) is 53.8 Å². The molecule has 0 aliphatic carbocycles. The van der Waals surface area contributed by atoms with E-state index in [1.807, 2.05) is 45.0 Å². The van der Waals surface area contributed by atoms with Crippen molar-refractivity contribution >= 4 is 11.9 Å². The summed E-state index contributed by atoms with van der Waals surface area (Å²) in [4.78, 5) is 16.7. The predicted octanol–water partition coefficient (Wildman–Crippen LogP) is 5.60. The van der Waals surface area contributed by atoms with Crippen molar-refractivity contribution in [1.82, 2.24) is 0 Å². The van der Waals surface area contributed by atoms with E-state index in [0.717, 1.165) is 11.1 Å². The quantitative estimate of drug-likeness (QED) is 0.311. The molecule has 0 aliphatic heterocycles. The zero-order chi connectivity index (χ0) is 23.0. The number of ether oxygens (including phenoxy) is 3. The molecule has 1 atom stereocenters. The lowest BCUT2D eigenvalue weighted by molar-refractivity contribution is -0.143. The first kappa shape index (κ1) is 24.4. The second-order valence-electron chi connectivity index (χ2n) is 8.27. The number of carbonyl (C=O) groups excluding carboxylic acids is 1. The first-order valence-electron chi connectivity index (χ1n) is 10.4. The van der Waals surface area contributed by atoms with E-state index < -0.39 is 0 Å². The van der Waals surface area contributed by atoms with Crippen LogP contribution < -0.4 is 4.74 Å². The Hall–Kier alpha value is -2.89. The fourth-order valence-electron chi connectivity index (χ4n) is 3.30. The van der Waals surface area contributed by atoms with Crippen LogP contribution in [0.25, 0.3) is 11.1 Å². The summed E-state index contributed by atoms with van der Waals surface area (Å²) in [6, 6.07) is 11.9. The highest BCUT2D eigenvalue weighted by atomic mass is 19.1. The minimum absolute atomic E-state index is 0.165. The Kier molecular flexibility index (Phi) is 8.60. The number of rotatable bonds is 8. The van der Waals surface area contributed by atoms with Gasteiger partial charge in [-0.1, -0.05) is 24.3 Å². The summed E-state index contributed by atoms with van der Waals surface area (Å²) in [6.45, 7) is 9.76. The zero-order valence-electron chi connectivity index (χ0n) is 19.2. The summed E-state index contributed by atoms with van der Waals surface area (Å²) in [7, 11) is 1.56. The van der Waals surface area contributed by atoms with Crippen molar-refractivity contribution in [2.45, 2.75) is 59.1 Å². The van der Waals surface area contributed by atoms with Crippen LogP contribution in [-0.2, 0) is 20.7 Å². The molecule has 5 nitrogen and oxygen atoms in total. The van der Waals surface area contributed by atoms with Gasteiger partial charge in [0.25, 0.3) is 0 Å². The minimum atomic E-state index is -0.367. The lowest BCUT2D eigenvalue weighted by Crippen LogP contribution is -2.25. The number of benzene rings is 2. The van der Waals surface area contributed by atoms with Crippen molar-refractivity contribution in [1.29, 1.82) is 0 Å². The fraction of sp³-hybridized carbons (Fsp3) is 0.440. The number of halogens is 1. The van der Waals surface area contributed by atoms with Crippen LogP contribution in [0.15, 0.2) is 47.5 Å². The Bertz CT molecular complexity index is 901. The summed E-state index contributed by atoms with van der Waals surface area (Å²) in [5.41, 5.74) is 2.16. The van der Waals surface area contributed by atoms with Crippen molar-refractivity contribution in [3.63, 3.8) is 0 Å². The normalized spacial score (nSPS) is 12.9. The van der Waals surface area contributed by atoms with E-state index in [2.05, 4.69) is 4.99 Å². The van der Waals surface area contributed by atoms with Crippen LogP contribution in [0.4, 0.5) is 4.39 Å². The van der Waals surface area contributed by atoms with Crippen molar-refractivity contribution in [3.8, 4) is 16.9 Å². The summed E-state index contributed by atoms with van der Waals surface area (Å²) in [5, 5.41) is 0. The van der Waals surface area contributed by atoms with Crippen LogP contribution in [0.2, 0.25) is 0 Å². The molecule has 1 unspecified atom stereocenters. The van der Waals surface area contributed by atoms with E-state index in [4.69, 9.17) is 14.2 Å². The molecule has 2 aromatic carbocycles. The maximum atomic E-state index is 13.7. The SMILES string of the molecule is CCOC(=O)CC(Cc1ccc(-c2cc(F)ccc2OC)cc1)N=C(C)OC(C)(C)C. The molecule has 0 aromatic heterocycles. The Morgan fingerprint density at radius 1 is 1.13 bits per heavy atom. The van der Waals surface area contributed by atoms with E-state index >= 15 is 0 Å². The van der Waals surface area contributed by atoms with E-state index in [9.17, 15) is 9.18 Å². The molecule has 0 radical (unpaired) electrons. The van der Waals surface area contributed by atoms with Crippen molar-refractivity contribution in [2.75, 3.05) is 13.7 Å². The van der Waals surface area contributed by atoms with Crippen LogP contribution in [0.5, 0.6) is 5.75 Å². The molecule has 0 spiro atoms. The lowest BCUT2D eigenvalue weighted by Gasteiger charge is -2.22. The topological polar surface area (TPSA) is 57.1 Å². The number of esters is 1. The van der Waals surface area contributed by atoms with E-state index in [0.29, 0.717) is 30.2 Å².